The van der Waals surface area contributed by atoms with Crippen molar-refractivity contribution in [1.82, 2.24) is 19.5 Å². The molecule has 10 heteroatoms. The highest BCUT2D eigenvalue weighted by molar-refractivity contribution is 8.00. The van der Waals surface area contributed by atoms with Gasteiger partial charge in [0, 0.05) is 46.5 Å². The van der Waals surface area contributed by atoms with E-state index < -0.39 is 11.7 Å². The van der Waals surface area contributed by atoms with Crippen molar-refractivity contribution >= 4 is 35.0 Å². The number of aryl methyl sites for hydroxylation is 1. The summed E-state index contributed by atoms with van der Waals surface area (Å²) in [5, 5.41) is 0.449. The third-order valence-electron chi connectivity index (χ3n) is 4.59. The zero-order chi connectivity index (χ0) is 23.7. The molecule has 1 atom stereocenters. The molecule has 0 saturated carbocycles. The highest BCUT2D eigenvalue weighted by atomic mass is 35.5. The molecular formula is C23H21Cl2F3N4S. The highest BCUT2D eigenvalue weighted by Gasteiger charge is 2.33. The number of hydrogen-bond donors (Lipinski definition) is 1. The minimum absolute atomic E-state index is 0.0622. The summed E-state index contributed by atoms with van der Waals surface area (Å²) in [6.45, 7) is 0.641. The molecule has 4 rings (SSSR count). The SMILES string of the molecule is FC(F)(F)c1cc(SC(CCc2ccc(Cl)cc2)Cn2ccnc2)ccc1Cl.c1c[nH]cn1. The zero-order valence-corrected chi connectivity index (χ0v) is 19.7. The summed E-state index contributed by atoms with van der Waals surface area (Å²) in [6.07, 6.45) is 7.43. The smallest absolute Gasteiger partial charge is 0.351 e. The molecule has 0 fully saturated rings. The molecular weight excluding hydrogens is 492 g/mol. The number of thioether (sulfide) groups is 1. The second kappa shape index (κ2) is 12.2. The van der Waals surface area contributed by atoms with Crippen LogP contribution in [0.1, 0.15) is 17.5 Å². The largest absolute Gasteiger partial charge is 0.417 e. The lowest BCUT2D eigenvalue weighted by atomic mass is 10.1. The maximum absolute atomic E-state index is 13.2. The normalized spacial score (nSPS) is 12.2. The van der Waals surface area contributed by atoms with Gasteiger partial charge in [-0.25, -0.2) is 9.97 Å². The van der Waals surface area contributed by atoms with Crippen LogP contribution in [0.15, 0.2) is 84.8 Å². The van der Waals surface area contributed by atoms with Gasteiger partial charge in [0.1, 0.15) is 0 Å². The lowest BCUT2D eigenvalue weighted by Gasteiger charge is -2.18. The van der Waals surface area contributed by atoms with Gasteiger partial charge in [-0.2, -0.15) is 13.2 Å². The number of benzene rings is 2. The number of imidazole rings is 2. The molecule has 0 spiro atoms. The summed E-state index contributed by atoms with van der Waals surface area (Å²) in [5.74, 6) is 0. The van der Waals surface area contributed by atoms with Crippen molar-refractivity contribution < 1.29 is 13.2 Å². The van der Waals surface area contributed by atoms with Crippen LogP contribution in [0, 0.1) is 0 Å². The fourth-order valence-corrected chi connectivity index (χ4v) is 4.55. The fraction of sp³-hybridized carbons (Fsp3) is 0.217. The van der Waals surface area contributed by atoms with E-state index in [0.717, 1.165) is 24.5 Å². The Morgan fingerprint density at radius 3 is 2.39 bits per heavy atom. The predicted molar refractivity (Wildman–Crippen MR) is 127 cm³/mol. The number of aromatic amines is 1. The van der Waals surface area contributed by atoms with Crippen LogP contribution in [-0.2, 0) is 19.1 Å². The number of nitrogens with zero attached hydrogens (tertiary/aromatic N) is 3. The Labute approximate surface area is 204 Å². The summed E-state index contributed by atoms with van der Waals surface area (Å²) in [5.41, 5.74) is 0.325. The van der Waals surface area contributed by atoms with E-state index in [1.807, 2.05) is 35.0 Å². The van der Waals surface area contributed by atoms with Gasteiger partial charge in [-0.15, -0.1) is 11.8 Å². The summed E-state index contributed by atoms with van der Waals surface area (Å²) >= 11 is 13.1. The van der Waals surface area contributed by atoms with E-state index in [0.29, 0.717) is 16.5 Å². The van der Waals surface area contributed by atoms with Crippen molar-refractivity contribution in [2.45, 2.75) is 35.7 Å². The maximum Gasteiger partial charge on any atom is 0.417 e. The molecule has 33 heavy (non-hydrogen) atoms. The van der Waals surface area contributed by atoms with Crippen molar-refractivity contribution in [3.63, 3.8) is 0 Å². The Morgan fingerprint density at radius 2 is 1.82 bits per heavy atom. The van der Waals surface area contributed by atoms with Gasteiger partial charge in [0.15, 0.2) is 0 Å². The first-order chi connectivity index (χ1) is 15.8. The molecule has 1 unspecified atom stereocenters. The molecule has 1 N–H and O–H groups in total. The molecule has 0 amide bonds. The average molecular weight is 513 g/mol. The van der Waals surface area contributed by atoms with Gasteiger partial charge < -0.3 is 9.55 Å². The lowest BCUT2D eigenvalue weighted by molar-refractivity contribution is -0.137. The average Bonchev–Trinajstić information content (AvgIpc) is 3.51. The first kappa shape index (κ1) is 25.2. The van der Waals surface area contributed by atoms with E-state index >= 15 is 0 Å². The minimum atomic E-state index is -4.48. The number of halogens is 5. The van der Waals surface area contributed by atoms with Crippen LogP contribution < -0.4 is 0 Å². The molecule has 0 radical (unpaired) electrons. The number of aromatic nitrogens is 4. The summed E-state index contributed by atoms with van der Waals surface area (Å²) in [7, 11) is 0. The Hall–Kier alpha value is -2.42. The van der Waals surface area contributed by atoms with E-state index in [2.05, 4.69) is 15.0 Å². The van der Waals surface area contributed by atoms with E-state index in [1.54, 1.807) is 37.3 Å². The minimum Gasteiger partial charge on any atom is -0.351 e. The van der Waals surface area contributed by atoms with Gasteiger partial charge >= 0.3 is 6.18 Å². The topological polar surface area (TPSA) is 46.5 Å². The molecule has 4 nitrogen and oxygen atoms in total. The molecule has 0 saturated heterocycles. The first-order valence-electron chi connectivity index (χ1n) is 9.97. The van der Waals surface area contributed by atoms with Crippen LogP contribution in [0.5, 0.6) is 0 Å². The molecule has 0 aliphatic heterocycles. The molecule has 0 aliphatic rings. The quantitative estimate of drug-likeness (QED) is 0.262. The second-order valence-corrected chi connectivity index (χ2v) is 9.28. The summed E-state index contributed by atoms with van der Waals surface area (Å²) in [4.78, 5) is 11.0. The van der Waals surface area contributed by atoms with Gasteiger partial charge in [-0.05, 0) is 48.7 Å². The van der Waals surface area contributed by atoms with Gasteiger partial charge in [0.2, 0.25) is 0 Å². The second-order valence-electron chi connectivity index (χ2n) is 7.06. The number of alkyl halides is 3. The Kier molecular flexibility index (Phi) is 9.29. The molecule has 2 aromatic heterocycles. The van der Waals surface area contributed by atoms with E-state index in [-0.39, 0.29) is 10.3 Å². The van der Waals surface area contributed by atoms with Crippen LogP contribution in [0.2, 0.25) is 10.0 Å². The standard InChI is InChI=1S/C20H17Cl2F3N2S.C3H4N2/c21-15-4-1-14(2-5-15)3-6-17(12-27-10-9-26-13-27)28-16-7-8-19(22)18(11-16)20(23,24)25;1-2-5-3-4-1/h1-2,4-5,7-11,13,17H,3,6,12H2;1-3H,(H,4,5). The van der Waals surface area contributed by atoms with Gasteiger partial charge in [0.05, 0.1) is 23.2 Å². The van der Waals surface area contributed by atoms with Gasteiger partial charge in [-0.1, -0.05) is 35.3 Å². The Balaban J connectivity index is 0.000000541. The van der Waals surface area contributed by atoms with E-state index in [9.17, 15) is 13.2 Å². The Morgan fingerprint density at radius 1 is 1.03 bits per heavy atom. The summed E-state index contributed by atoms with van der Waals surface area (Å²) in [6, 6.07) is 11.7. The van der Waals surface area contributed by atoms with Crippen molar-refractivity contribution in [3.05, 3.63) is 101 Å². The zero-order valence-electron chi connectivity index (χ0n) is 17.3. The van der Waals surface area contributed by atoms with Crippen LogP contribution in [-0.4, -0.2) is 24.8 Å². The van der Waals surface area contributed by atoms with Crippen molar-refractivity contribution in [1.29, 1.82) is 0 Å². The van der Waals surface area contributed by atoms with Gasteiger partial charge in [-0.3, -0.25) is 0 Å². The third-order valence-corrected chi connectivity index (χ3v) is 6.42. The predicted octanol–water partition coefficient (Wildman–Crippen LogP) is 7.41. The van der Waals surface area contributed by atoms with Crippen LogP contribution in [0.3, 0.4) is 0 Å². The number of nitrogens with one attached hydrogen (secondary N) is 1. The van der Waals surface area contributed by atoms with Crippen molar-refractivity contribution in [2.24, 2.45) is 0 Å². The van der Waals surface area contributed by atoms with E-state index in [4.69, 9.17) is 23.2 Å². The molecule has 0 aliphatic carbocycles. The molecule has 4 aromatic rings. The number of rotatable bonds is 7. The molecule has 2 aromatic carbocycles. The lowest BCUT2D eigenvalue weighted by Crippen LogP contribution is -2.13. The number of hydrogen-bond acceptors (Lipinski definition) is 3. The van der Waals surface area contributed by atoms with Crippen molar-refractivity contribution in [2.75, 3.05) is 0 Å². The van der Waals surface area contributed by atoms with Crippen LogP contribution in [0.25, 0.3) is 0 Å². The summed E-state index contributed by atoms with van der Waals surface area (Å²) < 4.78 is 41.4. The molecule has 174 valence electrons. The van der Waals surface area contributed by atoms with Crippen LogP contribution in [0.4, 0.5) is 13.2 Å². The van der Waals surface area contributed by atoms with Gasteiger partial charge in [0.25, 0.3) is 0 Å². The molecule has 0 bridgehead atoms. The van der Waals surface area contributed by atoms with Crippen LogP contribution >= 0.6 is 35.0 Å². The highest BCUT2D eigenvalue weighted by Crippen LogP contribution is 2.38. The van der Waals surface area contributed by atoms with E-state index in [1.165, 1.54) is 17.8 Å². The monoisotopic (exact) mass is 512 g/mol. The fourth-order valence-electron chi connectivity index (χ4n) is 3.00. The number of H-pyrrole nitrogens is 1. The molecule has 2 heterocycles. The maximum atomic E-state index is 13.2. The third kappa shape index (κ3) is 8.46. The van der Waals surface area contributed by atoms with Crippen molar-refractivity contribution in [3.8, 4) is 0 Å². The first-order valence-corrected chi connectivity index (χ1v) is 11.6. The Bertz CT molecular complexity index is 1070.